The maximum Gasteiger partial charge on any atom is -0.0111 e. The highest BCUT2D eigenvalue weighted by molar-refractivity contribution is 5.18. The second-order valence-corrected chi connectivity index (χ2v) is 3.37. The van der Waals surface area contributed by atoms with E-state index in [4.69, 9.17) is 0 Å². The van der Waals surface area contributed by atoms with Crippen LogP contribution >= 0.6 is 0 Å². The summed E-state index contributed by atoms with van der Waals surface area (Å²) >= 11 is 0. The lowest BCUT2D eigenvalue weighted by Crippen LogP contribution is -1.85. The first-order valence-corrected chi connectivity index (χ1v) is 4.49. The van der Waals surface area contributed by atoms with E-state index in [9.17, 15) is 0 Å². The fourth-order valence-corrected chi connectivity index (χ4v) is 1.06. The maximum absolute atomic E-state index is 3.73. The molecule has 0 radical (unpaired) electrons. The van der Waals surface area contributed by atoms with Gasteiger partial charge >= 0.3 is 0 Å². The molecule has 0 saturated heterocycles. The average Bonchev–Trinajstić information content (AvgIpc) is 2.04. The van der Waals surface area contributed by atoms with Crippen LogP contribution in [0.1, 0.15) is 40.5 Å². The third-order valence-electron chi connectivity index (χ3n) is 2.22. The van der Waals surface area contributed by atoms with Crippen LogP contribution in [-0.2, 0) is 0 Å². The van der Waals surface area contributed by atoms with Gasteiger partial charge in [0.2, 0.25) is 0 Å². The maximum atomic E-state index is 3.73. The third-order valence-corrected chi connectivity index (χ3v) is 2.22. The normalized spacial score (nSPS) is 14.2. The van der Waals surface area contributed by atoms with Crippen LogP contribution in [0.3, 0.4) is 0 Å². The van der Waals surface area contributed by atoms with Crippen molar-refractivity contribution < 1.29 is 0 Å². The molecule has 0 fully saturated rings. The molecule has 0 aromatic heterocycles. The Hall–Kier alpha value is -0.780. The number of hydrogen-bond acceptors (Lipinski definition) is 0. The zero-order chi connectivity index (χ0) is 9.56. The van der Waals surface area contributed by atoms with Gasteiger partial charge in [-0.1, -0.05) is 28.9 Å². The third kappa shape index (κ3) is 4.17. The van der Waals surface area contributed by atoms with Crippen LogP contribution in [0.5, 0.6) is 0 Å². The quantitative estimate of drug-likeness (QED) is 0.545. The summed E-state index contributed by atoms with van der Waals surface area (Å²) in [6, 6.07) is 0. The van der Waals surface area contributed by atoms with Gasteiger partial charge in [0.05, 0.1) is 0 Å². The molecule has 0 spiro atoms. The SMILES string of the molecule is C=CC/C(C)=C(\C)C/C(C)=C/C. The molecule has 0 saturated carbocycles. The second-order valence-electron chi connectivity index (χ2n) is 3.37. The smallest absolute Gasteiger partial charge is 0.0111 e. The molecule has 0 aromatic rings. The summed E-state index contributed by atoms with van der Waals surface area (Å²) in [6.07, 6.45) is 6.26. The van der Waals surface area contributed by atoms with Crippen molar-refractivity contribution in [2.45, 2.75) is 40.5 Å². The molecule has 0 bridgehead atoms. The molecule has 0 aliphatic carbocycles. The first-order valence-electron chi connectivity index (χ1n) is 4.49. The van der Waals surface area contributed by atoms with Crippen molar-refractivity contribution in [1.82, 2.24) is 0 Å². The highest BCUT2D eigenvalue weighted by Gasteiger charge is 1.95. The van der Waals surface area contributed by atoms with Crippen molar-refractivity contribution in [3.05, 3.63) is 35.5 Å². The highest BCUT2D eigenvalue weighted by atomic mass is 14.0. The van der Waals surface area contributed by atoms with Gasteiger partial charge in [-0.3, -0.25) is 0 Å². The van der Waals surface area contributed by atoms with E-state index in [1.807, 2.05) is 6.08 Å². The Morgan fingerprint density at radius 2 is 1.75 bits per heavy atom. The van der Waals surface area contributed by atoms with Gasteiger partial charge in [-0.25, -0.2) is 0 Å². The van der Waals surface area contributed by atoms with Crippen LogP contribution in [0, 0.1) is 0 Å². The molecule has 0 aliphatic heterocycles. The molecule has 0 unspecified atom stereocenters. The van der Waals surface area contributed by atoms with Gasteiger partial charge in [0.25, 0.3) is 0 Å². The van der Waals surface area contributed by atoms with Gasteiger partial charge in [-0.15, -0.1) is 6.58 Å². The fraction of sp³-hybridized carbons (Fsp3) is 0.500. The van der Waals surface area contributed by atoms with Crippen molar-refractivity contribution in [3.8, 4) is 0 Å². The molecule has 0 aromatic carbocycles. The Balaban J connectivity index is 4.25. The minimum absolute atomic E-state index is 1.02. The lowest BCUT2D eigenvalue weighted by molar-refractivity contribution is 1.03. The number of rotatable bonds is 4. The van der Waals surface area contributed by atoms with Crippen LogP contribution in [0.15, 0.2) is 35.5 Å². The lowest BCUT2D eigenvalue weighted by Gasteiger charge is -2.05. The molecule has 12 heavy (non-hydrogen) atoms. The summed E-state index contributed by atoms with van der Waals surface area (Å²) in [7, 11) is 0. The van der Waals surface area contributed by atoms with Crippen LogP contribution in [-0.4, -0.2) is 0 Å². The van der Waals surface area contributed by atoms with Gasteiger partial charge < -0.3 is 0 Å². The Kier molecular flexibility index (Phi) is 5.44. The summed E-state index contributed by atoms with van der Waals surface area (Å²) in [5.74, 6) is 0. The molecule has 0 aliphatic rings. The van der Waals surface area contributed by atoms with Gasteiger partial charge in [-0.05, 0) is 40.5 Å². The second kappa shape index (κ2) is 5.82. The zero-order valence-electron chi connectivity index (χ0n) is 8.78. The molecule has 0 N–H and O–H groups in total. The lowest BCUT2D eigenvalue weighted by atomic mass is 10.0. The van der Waals surface area contributed by atoms with Crippen molar-refractivity contribution in [2.24, 2.45) is 0 Å². The van der Waals surface area contributed by atoms with E-state index in [0.29, 0.717) is 0 Å². The Morgan fingerprint density at radius 1 is 1.17 bits per heavy atom. The van der Waals surface area contributed by atoms with Gasteiger partial charge in [0, 0.05) is 0 Å². The summed E-state index contributed by atoms with van der Waals surface area (Å²) in [4.78, 5) is 0. The van der Waals surface area contributed by atoms with E-state index >= 15 is 0 Å². The molecule has 0 nitrogen and oxygen atoms in total. The Bertz CT molecular complexity index is 204. The van der Waals surface area contributed by atoms with Crippen LogP contribution in [0.25, 0.3) is 0 Å². The van der Waals surface area contributed by atoms with Crippen molar-refractivity contribution in [2.75, 3.05) is 0 Å². The first kappa shape index (κ1) is 11.2. The van der Waals surface area contributed by atoms with Crippen molar-refractivity contribution in [3.63, 3.8) is 0 Å². The minimum Gasteiger partial charge on any atom is -0.103 e. The number of hydrogen-bond donors (Lipinski definition) is 0. The molecule has 0 atom stereocenters. The molecule has 0 heterocycles. The average molecular weight is 164 g/mol. The topological polar surface area (TPSA) is 0 Å². The van der Waals surface area contributed by atoms with E-state index in [1.54, 1.807) is 0 Å². The monoisotopic (exact) mass is 164 g/mol. The predicted octanol–water partition coefficient (Wildman–Crippen LogP) is 4.26. The van der Waals surface area contributed by atoms with Crippen molar-refractivity contribution >= 4 is 0 Å². The van der Waals surface area contributed by atoms with E-state index < -0.39 is 0 Å². The van der Waals surface area contributed by atoms with Crippen LogP contribution < -0.4 is 0 Å². The predicted molar refractivity (Wildman–Crippen MR) is 57.2 cm³/mol. The number of allylic oxidation sites excluding steroid dienone is 5. The first-order chi connectivity index (χ1) is 5.61. The van der Waals surface area contributed by atoms with E-state index in [2.05, 4.69) is 40.3 Å². The Morgan fingerprint density at radius 3 is 2.17 bits per heavy atom. The van der Waals surface area contributed by atoms with Gasteiger partial charge in [0.1, 0.15) is 0 Å². The molecular formula is C12H20. The van der Waals surface area contributed by atoms with E-state index in [1.165, 1.54) is 16.7 Å². The largest absolute Gasteiger partial charge is 0.103 e. The Labute approximate surface area is 76.7 Å². The van der Waals surface area contributed by atoms with Gasteiger partial charge in [-0.2, -0.15) is 0 Å². The molecule has 68 valence electrons. The minimum atomic E-state index is 1.02. The summed E-state index contributed by atoms with van der Waals surface area (Å²) < 4.78 is 0. The summed E-state index contributed by atoms with van der Waals surface area (Å²) in [5, 5.41) is 0. The van der Waals surface area contributed by atoms with Crippen LogP contribution in [0.4, 0.5) is 0 Å². The summed E-state index contributed by atoms with van der Waals surface area (Å²) in [6.45, 7) is 12.4. The fourth-order valence-electron chi connectivity index (χ4n) is 1.06. The van der Waals surface area contributed by atoms with Crippen molar-refractivity contribution in [1.29, 1.82) is 0 Å². The molecular weight excluding hydrogens is 144 g/mol. The van der Waals surface area contributed by atoms with Gasteiger partial charge in [0.15, 0.2) is 0 Å². The van der Waals surface area contributed by atoms with Crippen LogP contribution in [0.2, 0.25) is 0 Å². The standard InChI is InChI=1S/C12H20/c1-6-8-11(4)12(5)9-10(3)7-2/h6-7H,1,8-9H2,2-5H3/b10-7+,12-11+. The summed E-state index contributed by atoms with van der Waals surface area (Å²) in [5.41, 5.74) is 4.37. The molecule has 0 rings (SSSR count). The molecule has 0 heteroatoms. The molecule has 0 amide bonds. The van der Waals surface area contributed by atoms with E-state index in [0.717, 1.165) is 12.8 Å². The highest BCUT2D eigenvalue weighted by Crippen LogP contribution is 2.16. The van der Waals surface area contributed by atoms with E-state index in [-0.39, 0.29) is 0 Å². The zero-order valence-corrected chi connectivity index (χ0v) is 8.78.